The van der Waals surface area contributed by atoms with Gasteiger partial charge in [0.05, 0.1) is 25.3 Å². The number of amides is 2. The highest BCUT2D eigenvalue weighted by Crippen LogP contribution is 2.40. The number of nitrogens with zero attached hydrogens (tertiary/aromatic N) is 3. The molecule has 2 aromatic carbocycles. The summed E-state index contributed by atoms with van der Waals surface area (Å²) in [4.78, 5) is 44.8. The largest absolute Gasteiger partial charge is 0.493 e. The third kappa shape index (κ3) is 6.85. The predicted molar refractivity (Wildman–Crippen MR) is 154 cm³/mol. The van der Waals surface area contributed by atoms with Gasteiger partial charge < -0.3 is 24.6 Å². The molecule has 42 heavy (non-hydrogen) atoms. The van der Waals surface area contributed by atoms with Gasteiger partial charge in [0.2, 0.25) is 0 Å². The van der Waals surface area contributed by atoms with Crippen molar-refractivity contribution in [2.24, 2.45) is 4.99 Å². The molecular formula is C30H37F3N4O5. The van der Waals surface area contributed by atoms with Crippen molar-refractivity contribution in [1.82, 2.24) is 10.2 Å². The third-order valence-electron chi connectivity index (χ3n) is 6.61. The Balaban J connectivity index is 2.15. The van der Waals surface area contributed by atoms with Crippen LogP contribution in [0.4, 0.5) is 18.9 Å². The second kappa shape index (κ2) is 12.0. The van der Waals surface area contributed by atoms with Gasteiger partial charge >= 0.3 is 12.1 Å². The van der Waals surface area contributed by atoms with E-state index in [9.17, 15) is 27.6 Å². The fraction of sp³-hybridized carbons (Fsp3) is 0.467. The zero-order valence-corrected chi connectivity index (χ0v) is 25.3. The van der Waals surface area contributed by atoms with Crippen LogP contribution in [0.15, 0.2) is 29.3 Å². The van der Waals surface area contributed by atoms with Gasteiger partial charge in [0.1, 0.15) is 5.84 Å². The molecule has 2 aromatic rings. The fourth-order valence-electron chi connectivity index (χ4n) is 4.67. The summed E-state index contributed by atoms with van der Waals surface area (Å²) in [5.41, 5.74) is 1.91. The van der Waals surface area contributed by atoms with Crippen molar-refractivity contribution in [3.05, 3.63) is 52.1 Å². The van der Waals surface area contributed by atoms with Gasteiger partial charge in [-0.15, -0.1) is 0 Å². The first-order valence-electron chi connectivity index (χ1n) is 13.3. The van der Waals surface area contributed by atoms with Crippen LogP contribution in [0, 0.1) is 0 Å². The standard InChI is InChI=1S/C30H37F3N4O5/c1-16(2)42-24-12-17(10-21(25(24)41-9)29(3,4)5)23(38)15-37-14-18-11-22(36(7)8)20(27(39)34-6)13-19(18)26(37)35-28(40)30(31,32)33/h10-13,16H,14-15H2,1-9H3,(H,34,39)/b35-26-. The van der Waals surface area contributed by atoms with E-state index in [0.717, 1.165) is 0 Å². The van der Waals surface area contributed by atoms with E-state index in [-0.39, 0.29) is 41.7 Å². The van der Waals surface area contributed by atoms with Crippen molar-refractivity contribution in [2.75, 3.05) is 39.7 Å². The van der Waals surface area contributed by atoms with Crippen LogP contribution in [0.3, 0.4) is 0 Å². The molecule has 1 heterocycles. The van der Waals surface area contributed by atoms with Crippen molar-refractivity contribution >= 4 is 29.1 Å². The maximum absolute atomic E-state index is 13.7. The number of Topliss-reactive ketones (excluding diaryl/α,β-unsaturated/α-hetero) is 1. The number of rotatable bonds is 8. The van der Waals surface area contributed by atoms with Crippen LogP contribution in [0.2, 0.25) is 0 Å². The molecule has 9 nitrogen and oxygen atoms in total. The number of ether oxygens (including phenoxy) is 2. The molecule has 3 rings (SSSR count). The van der Waals surface area contributed by atoms with Gasteiger partial charge in [0.25, 0.3) is 5.91 Å². The van der Waals surface area contributed by atoms with E-state index >= 15 is 0 Å². The quantitative estimate of drug-likeness (QED) is 0.444. The molecule has 0 spiro atoms. The number of aliphatic imine (C=N–C) groups is 1. The number of ketones is 1. The second-order valence-electron chi connectivity index (χ2n) is 11.5. The zero-order chi connectivity index (χ0) is 31.7. The number of hydrogen-bond acceptors (Lipinski definition) is 6. The topological polar surface area (TPSA) is 101 Å². The number of halogens is 3. The lowest BCUT2D eigenvalue weighted by atomic mass is 9.84. The number of methoxy groups -OCH3 is 1. The highest BCUT2D eigenvalue weighted by Gasteiger charge is 2.41. The van der Waals surface area contributed by atoms with E-state index in [4.69, 9.17) is 9.47 Å². The molecule has 0 aliphatic carbocycles. The Kier molecular flexibility index (Phi) is 9.28. The third-order valence-corrected chi connectivity index (χ3v) is 6.61. The van der Waals surface area contributed by atoms with Gasteiger partial charge in [-0.2, -0.15) is 18.2 Å². The number of amidine groups is 1. The number of alkyl halides is 3. The number of hydrogen-bond donors (Lipinski definition) is 1. The normalized spacial score (nSPS) is 14.2. The Morgan fingerprint density at radius 1 is 1.10 bits per heavy atom. The van der Waals surface area contributed by atoms with Crippen molar-refractivity contribution in [3.63, 3.8) is 0 Å². The van der Waals surface area contributed by atoms with Crippen molar-refractivity contribution in [3.8, 4) is 11.5 Å². The Hall–Kier alpha value is -4.09. The highest BCUT2D eigenvalue weighted by molar-refractivity contribution is 6.13. The Morgan fingerprint density at radius 3 is 2.24 bits per heavy atom. The molecule has 228 valence electrons. The van der Waals surface area contributed by atoms with E-state index < -0.39 is 29.2 Å². The van der Waals surface area contributed by atoms with Crippen LogP contribution < -0.4 is 19.7 Å². The van der Waals surface area contributed by atoms with E-state index in [0.29, 0.717) is 28.3 Å². The Morgan fingerprint density at radius 2 is 1.74 bits per heavy atom. The van der Waals surface area contributed by atoms with Gasteiger partial charge in [-0.05, 0) is 49.1 Å². The minimum Gasteiger partial charge on any atom is -0.493 e. The number of carbonyl (C=O) groups is 3. The number of benzene rings is 2. The first-order valence-corrected chi connectivity index (χ1v) is 13.3. The summed E-state index contributed by atoms with van der Waals surface area (Å²) < 4.78 is 51.5. The summed E-state index contributed by atoms with van der Waals surface area (Å²) >= 11 is 0. The molecule has 0 aromatic heterocycles. The first-order chi connectivity index (χ1) is 19.4. The van der Waals surface area contributed by atoms with Crippen LogP contribution in [-0.2, 0) is 16.8 Å². The lowest BCUT2D eigenvalue weighted by Gasteiger charge is -2.26. The summed E-state index contributed by atoms with van der Waals surface area (Å²) in [6.07, 6.45) is -5.45. The van der Waals surface area contributed by atoms with Gasteiger partial charge in [-0.3, -0.25) is 14.4 Å². The molecule has 0 atom stereocenters. The molecule has 12 heteroatoms. The fourth-order valence-corrected chi connectivity index (χ4v) is 4.67. The van der Waals surface area contributed by atoms with Crippen LogP contribution in [-0.4, -0.2) is 75.4 Å². The average molecular weight is 591 g/mol. The number of anilines is 1. The number of fused-ring (bicyclic) bond motifs is 1. The van der Waals surface area contributed by atoms with Crippen molar-refractivity contribution < 1.29 is 37.0 Å². The van der Waals surface area contributed by atoms with Crippen molar-refractivity contribution in [2.45, 2.75) is 58.9 Å². The van der Waals surface area contributed by atoms with Gasteiger partial charge in [-0.1, -0.05) is 20.8 Å². The molecule has 1 aliphatic heterocycles. The molecule has 0 radical (unpaired) electrons. The Labute approximate surface area is 243 Å². The molecule has 1 N–H and O–H groups in total. The minimum absolute atomic E-state index is 0.00244. The van der Waals surface area contributed by atoms with E-state index in [1.807, 2.05) is 34.6 Å². The molecule has 1 aliphatic rings. The monoisotopic (exact) mass is 590 g/mol. The summed E-state index contributed by atoms with van der Waals surface area (Å²) in [5.74, 6) is -2.70. The van der Waals surface area contributed by atoms with Gasteiger partial charge in [0, 0.05) is 50.1 Å². The highest BCUT2D eigenvalue weighted by atomic mass is 19.4. The number of nitrogens with one attached hydrogen (secondary N) is 1. The van der Waals surface area contributed by atoms with Crippen LogP contribution in [0.25, 0.3) is 0 Å². The van der Waals surface area contributed by atoms with Crippen LogP contribution in [0.1, 0.15) is 72.0 Å². The van der Waals surface area contributed by atoms with E-state index in [1.54, 1.807) is 37.2 Å². The summed E-state index contributed by atoms with van der Waals surface area (Å²) in [6, 6.07) is 6.28. The summed E-state index contributed by atoms with van der Waals surface area (Å²) in [6.45, 7) is 9.14. The minimum atomic E-state index is -5.22. The lowest BCUT2D eigenvalue weighted by Crippen LogP contribution is -2.33. The molecule has 0 unspecified atom stereocenters. The molecule has 0 saturated heterocycles. The predicted octanol–water partition coefficient (Wildman–Crippen LogP) is 4.74. The Bertz CT molecular complexity index is 1430. The molecule has 0 saturated carbocycles. The van der Waals surface area contributed by atoms with Gasteiger partial charge in [0.15, 0.2) is 17.3 Å². The van der Waals surface area contributed by atoms with E-state index in [1.165, 1.54) is 25.1 Å². The van der Waals surface area contributed by atoms with Crippen LogP contribution in [0.5, 0.6) is 11.5 Å². The average Bonchev–Trinajstić information content (AvgIpc) is 3.20. The van der Waals surface area contributed by atoms with E-state index in [2.05, 4.69) is 10.3 Å². The second-order valence-corrected chi connectivity index (χ2v) is 11.5. The molecule has 0 fully saturated rings. The number of carbonyl (C=O) groups excluding carboxylic acids is 3. The van der Waals surface area contributed by atoms with Crippen molar-refractivity contribution in [1.29, 1.82) is 0 Å². The van der Waals surface area contributed by atoms with Crippen LogP contribution >= 0.6 is 0 Å². The molecule has 0 bridgehead atoms. The smallest absolute Gasteiger partial charge is 0.473 e. The molecular weight excluding hydrogens is 553 g/mol. The zero-order valence-electron chi connectivity index (χ0n) is 25.3. The summed E-state index contributed by atoms with van der Waals surface area (Å²) in [5, 5.41) is 2.52. The SMILES string of the molecule is CNC(=O)c1cc2c(cc1N(C)C)CN(CC(=O)c1cc(OC(C)C)c(OC)c(C(C)(C)C)c1)/C2=N\C(=O)C(F)(F)F. The molecule has 2 amide bonds. The first kappa shape index (κ1) is 32.4. The maximum atomic E-state index is 13.7. The lowest BCUT2D eigenvalue weighted by molar-refractivity contribution is -0.169. The summed E-state index contributed by atoms with van der Waals surface area (Å²) in [7, 11) is 6.38. The maximum Gasteiger partial charge on any atom is 0.473 e. The van der Waals surface area contributed by atoms with Gasteiger partial charge in [-0.25, -0.2) is 0 Å².